The molecular formula is C22H20N8O2S. The van der Waals surface area contributed by atoms with Crippen molar-refractivity contribution in [1.29, 1.82) is 0 Å². The Kier molecular flexibility index (Phi) is 4.68. The van der Waals surface area contributed by atoms with Crippen LogP contribution in [0.15, 0.2) is 52.9 Å². The van der Waals surface area contributed by atoms with Gasteiger partial charge in [-0.15, -0.1) is 11.3 Å². The summed E-state index contributed by atoms with van der Waals surface area (Å²) in [6.07, 6.45) is 1.62. The summed E-state index contributed by atoms with van der Waals surface area (Å²) in [5.74, 6) is 0.655. The minimum absolute atomic E-state index is 0.0271. The highest BCUT2D eigenvalue weighted by atomic mass is 32.1. The van der Waals surface area contributed by atoms with Crippen molar-refractivity contribution in [2.45, 2.75) is 6.54 Å². The number of thiazole rings is 1. The quantitative estimate of drug-likeness (QED) is 0.424. The summed E-state index contributed by atoms with van der Waals surface area (Å²) in [4.78, 5) is 48.8. The summed E-state index contributed by atoms with van der Waals surface area (Å²) in [5, 5.41) is 1.04. The van der Waals surface area contributed by atoms with Gasteiger partial charge in [0.15, 0.2) is 11.5 Å². The van der Waals surface area contributed by atoms with E-state index in [0.29, 0.717) is 37.3 Å². The Morgan fingerprint density at radius 1 is 1.00 bits per heavy atom. The molecule has 0 aliphatic carbocycles. The van der Waals surface area contributed by atoms with Gasteiger partial charge in [0.25, 0.3) is 0 Å². The number of nitrogens with one attached hydrogen (secondary N) is 2. The molecule has 0 spiro atoms. The van der Waals surface area contributed by atoms with E-state index in [2.05, 4.69) is 29.8 Å². The summed E-state index contributed by atoms with van der Waals surface area (Å²) in [7, 11) is 0. The first kappa shape index (κ1) is 19.7. The summed E-state index contributed by atoms with van der Waals surface area (Å²) in [5.41, 5.74) is 5.33. The molecule has 5 aromatic rings. The average molecular weight is 461 g/mol. The molecule has 6 rings (SSSR count). The second-order valence-corrected chi connectivity index (χ2v) is 8.70. The number of hydrogen-bond acceptors (Lipinski definition) is 7. The van der Waals surface area contributed by atoms with Gasteiger partial charge in [0.1, 0.15) is 17.2 Å². The lowest BCUT2D eigenvalue weighted by Crippen LogP contribution is -2.50. The second kappa shape index (κ2) is 7.85. The molecule has 10 nitrogen and oxygen atoms in total. The van der Waals surface area contributed by atoms with Crippen molar-refractivity contribution in [3.63, 3.8) is 0 Å². The van der Waals surface area contributed by atoms with Crippen LogP contribution in [0.4, 0.5) is 5.00 Å². The van der Waals surface area contributed by atoms with Crippen molar-refractivity contribution in [3.8, 4) is 11.5 Å². The van der Waals surface area contributed by atoms with Gasteiger partial charge in [0.2, 0.25) is 5.91 Å². The number of carbonyl (C=O) groups excluding carboxylic acids is 1. The number of piperazine rings is 1. The van der Waals surface area contributed by atoms with Crippen LogP contribution in [0.1, 0.15) is 0 Å². The third kappa shape index (κ3) is 3.46. The van der Waals surface area contributed by atoms with E-state index in [4.69, 9.17) is 0 Å². The van der Waals surface area contributed by atoms with Gasteiger partial charge in [-0.05, 0) is 24.3 Å². The summed E-state index contributed by atoms with van der Waals surface area (Å²) in [6, 6.07) is 11.4. The molecule has 0 atom stereocenters. The highest BCUT2D eigenvalue weighted by Gasteiger charge is 2.26. The second-order valence-electron chi connectivity index (χ2n) is 7.87. The van der Waals surface area contributed by atoms with Gasteiger partial charge in [-0.3, -0.25) is 9.36 Å². The zero-order valence-electron chi connectivity index (χ0n) is 17.6. The highest BCUT2D eigenvalue weighted by Crippen LogP contribution is 2.33. The Hall–Kier alpha value is -3.99. The van der Waals surface area contributed by atoms with Crippen LogP contribution in [0.2, 0.25) is 0 Å². The topological polar surface area (TPSA) is 116 Å². The first-order chi connectivity index (χ1) is 16.2. The van der Waals surface area contributed by atoms with Gasteiger partial charge in [0, 0.05) is 32.4 Å². The molecule has 0 bridgehead atoms. The zero-order chi connectivity index (χ0) is 22.4. The first-order valence-corrected chi connectivity index (χ1v) is 11.5. The Morgan fingerprint density at radius 3 is 2.67 bits per heavy atom. The number of aromatic nitrogens is 6. The molecule has 1 amide bonds. The summed E-state index contributed by atoms with van der Waals surface area (Å²) >= 11 is 1.57. The molecule has 0 unspecified atom stereocenters. The maximum atomic E-state index is 12.9. The number of rotatable bonds is 4. The zero-order valence-corrected chi connectivity index (χ0v) is 18.4. The number of H-pyrrole nitrogens is 2. The maximum absolute atomic E-state index is 12.9. The molecule has 1 aromatic carbocycles. The number of hydrogen-bond donors (Lipinski definition) is 2. The largest absolute Gasteiger partial charge is 0.358 e. The van der Waals surface area contributed by atoms with Crippen molar-refractivity contribution >= 4 is 44.4 Å². The van der Waals surface area contributed by atoms with Crippen molar-refractivity contribution in [3.05, 3.63) is 58.6 Å². The van der Waals surface area contributed by atoms with E-state index in [1.165, 1.54) is 4.57 Å². The number of imidazole rings is 2. The van der Waals surface area contributed by atoms with Gasteiger partial charge in [-0.25, -0.2) is 19.7 Å². The molecular weight excluding hydrogens is 440 g/mol. The minimum atomic E-state index is -0.323. The highest BCUT2D eigenvalue weighted by molar-refractivity contribution is 7.14. The molecule has 1 saturated heterocycles. The summed E-state index contributed by atoms with van der Waals surface area (Å²) in [6.45, 7) is 2.48. The average Bonchev–Trinajstić information content (AvgIpc) is 3.56. The fraction of sp³-hybridized carbons (Fsp3) is 0.227. The number of amides is 1. The molecule has 166 valence electrons. The minimum Gasteiger partial charge on any atom is -0.358 e. The van der Waals surface area contributed by atoms with Crippen LogP contribution in [0.5, 0.6) is 0 Å². The van der Waals surface area contributed by atoms with E-state index in [-0.39, 0.29) is 18.1 Å². The van der Waals surface area contributed by atoms with Crippen LogP contribution in [0, 0.1) is 0 Å². The van der Waals surface area contributed by atoms with Crippen LogP contribution in [0.25, 0.3) is 33.7 Å². The smallest absolute Gasteiger partial charge is 0.328 e. The predicted octanol–water partition coefficient (Wildman–Crippen LogP) is 2.07. The number of benzene rings is 1. The SMILES string of the molecule is O=C(Cn1c(=O)[nH]c2cccnc21)N1CCN(c2scnc2-c2nc3ccccc3[nH]2)CC1. The van der Waals surface area contributed by atoms with Gasteiger partial charge >= 0.3 is 5.69 Å². The molecule has 33 heavy (non-hydrogen) atoms. The van der Waals surface area contributed by atoms with E-state index >= 15 is 0 Å². The molecule has 4 aromatic heterocycles. The van der Waals surface area contributed by atoms with Crippen LogP contribution in [0.3, 0.4) is 0 Å². The molecule has 1 aliphatic rings. The van der Waals surface area contributed by atoms with Gasteiger partial charge in [0.05, 0.1) is 22.1 Å². The molecule has 2 N–H and O–H groups in total. The number of nitrogens with zero attached hydrogens (tertiary/aromatic N) is 6. The van der Waals surface area contributed by atoms with E-state index in [0.717, 1.165) is 27.6 Å². The van der Waals surface area contributed by atoms with Gasteiger partial charge in [-0.2, -0.15) is 0 Å². The molecule has 0 radical (unpaired) electrons. The van der Waals surface area contributed by atoms with Crippen molar-refractivity contribution in [2.24, 2.45) is 0 Å². The van der Waals surface area contributed by atoms with Crippen LogP contribution in [-0.4, -0.2) is 66.5 Å². The number of aromatic amines is 2. The predicted molar refractivity (Wildman–Crippen MR) is 126 cm³/mol. The normalized spacial score (nSPS) is 14.4. The Morgan fingerprint density at radius 2 is 1.82 bits per heavy atom. The van der Waals surface area contributed by atoms with Crippen molar-refractivity contribution in [1.82, 2.24) is 34.4 Å². The van der Waals surface area contributed by atoms with Crippen molar-refractivity contribution < 1.29 is 4.79 Å². The van der Waals surface area contributed by atoms with E-state index in [1.54, 1.807) is 34.6 Å². The number of pyridine rings is 1. The van der Waals surface area contributed by atoms with Gasteiger partial charge in [-0.1, -0.05) is 12.1 Å². The van der Waals surface area contributed by atoms with Crippen LogP contribution < -0.4 is 10.6 Å². The Bertz CT molecular complexity index is 1490. The lowest BCUT2D eigenvalue weighted by atomic mass is 10.3. The molecule has 0 saturated carbocycles. The van der Waals surface area contributed by atoms with Crippen LogP contribution >= 0.6 is 11.3 Å². The van der Waals surface area contributed by atoms with Crippen LogP contribution in [-0.2, 0) is 11.3 Å². The monoisotopic (exact) mass is 460 g/mol. The first-order valence-electron chi connectivity index (χ1n) is 10.6. The number of carbonyl (C=O) groups is 1. The standard InChI is InChI=1S/C22H20N8O2S/c31-17(12-30-20-16(27-22(30)32)6-3-7-23-20)28-8-10-29(11-9-28)21-18(24-13-33-21)19-25-14-4-1-2-5-15(14)26-19/h1-7,13H,8-12H2,(H,25,26)(H,27,32). The van der Waals surface area contributed by atoms with Crippen molar-refractivity contribution in [2.75, 3.05) is 31.1 Å². The summed E-state index contributed by atoms with van der Waals surface area (Å²) < 4.78 is 1.40. The lowest BCUT2D eigenvalue weighted by molar-refractivity contribution is -0.132. The molecule has 11 heteroatoms. The Balaban J connectivity index is 1.17. The maximum Gasteiger partial charge on any atom is 0.328 e. The third-order valence-electron chi connectivity index (χ3n) is 5.90. The molecule has 5 heterocycles. The Labute approximate surface area is 191 Å². The van der Waals surface area contributed by atoms with Gasteiger partial charge < -0.3 is 19.8 Å². The molecule has 1 fully saturated rings. The lowest BCUT2D eigenvalue weighted by Gasteiger charge is -2.35. The fourth-order valence-corrected chi connectivity index (χ4v) is 5.07. The number of para-hydroxylation sites is 2. The van der Waals surface area contributed by atoms with E-state index < -0.39 is 0 Å². The van der Waals surface area contributed by atoms with E-state index in [9.17, 15) is 9.59 Å². The fourth-order valence-electron chi connectivity index (χ4n) is 4.22. The third-order valence-corrected chi connectivity index (χ3v) is 6.79. The number of fused-ring (bicyclic) bond motifs is 2. The number of anilines is 1. The molecule has 1 aliphatic heterocycles. The van der Waals surface area contributed by atoms with E-state index in [1.807, 2.05) is 29.8 Å².